The molecule has 0 amide bonds. The maximum Gasteiger partial charge on any atom is 0.340 e. The smallest absolute Gasteiger partial charge is 0.340 e. The van der Waals surface area contributed by atoms with Gasteiger partial charge in [-0.05, 0) is 31.5 Å². The zero-order valence-electron chi connectivity index (χ0n) is 11.7. The fraction of sp³-hybridized carbons (Fsp3) is 0.188. The van der Waals surface area contributed by atoms with E-state index in [1.807, 2.05) is 26.0 Å². The lowest BCUT2D eigenvalue weighted by Gasteiger charge is -2.09. The van der Waals surface area contributed by atoms with Crippen LogP contribution in [0.1, 0.15) is 27.0 Å². The van der Waals surface area contributed by atoms with Crippen LogP contribution in [0.2, 0.25) is 10.0 Å². The van der Waals surface area contributed by atoms with E-state index in [-0.39, 0.29) is 22.2 Å². The summed E-state index contributed by atoms with van der Waals surface area (Å²) < 4.78 is 5.28. The second-order valence-electron chi connectivity index (χ2n) is 4.94. The number of nitrogens with two attached hydrogens (primary N) is 1. The van der Waals surface area contributed by atoms with Gasteiger partial charge in [-0.2, -0.15) is 0 Å². The minimum atomic E-state index is -0.548. The van der Waals surface area contributed by atoms with Crippen molar-refractivity contribution in [3.8, 4) is 0 Å². The van der Waals surface area contributed by atoms with Crippen LogP contribution in [0.25, 0.3) is 0 Å². The lowest BCUT2D eigenvalue weighted by molar-refractivity contribution is 0.0473. The average molecular weight is 324 g/mol. The predicted molar refractivity (Wildman–Crippen MR) is 85.9 cm³/mol. The molecule has 3 nitrogen and oxygen atoms in total. The first-order valence-electron chi connectivity index (χ1n) is 6.35. The van der Waals surface area contributed by atoms with Crippen molar-refractivity contribution < 1.29 is 9.53 Å². The topological polar surface area (TPSA) is 52.3 Å². The molecule has 2 N–H and O–H groups in total. The van der Waals surface area contributed by atoms with E-state index in [9.17, 15) is 4.79 Å². The SMILES string of the molecule is Cc1cc(C)cc(COC(=O)c2cc(N)cc(Cl)c2Cl)c1. The van der Waals surface area contributed by atoms with Crippen LogP contribution in [0.4, 0.5) is 5.69 Å². The number of anilines is 1. The van der Waals surface area contributed by atoms with E-state index >= 15 is 0 Å². The fourth-order valence-corrected chi connectivity index (χ4v) is 2.55. The largest absolute Gasteiger partial charge is 0.457 e. The van der Waals surface area contributed by atoms with Gasteiger partial charge >= 0.3 is 5.97 Å². The molecule has 2 aromatic rings. The van der Waals surface area contributed by atoms with E-state index in [1.165, 1.54) is 12.1 Å². The number of hydrogen-bond acceptors (Lipinski definition) is 3. The van der Waals surface area contributed by atoms with Gasteiger partial charge in [0.25, 0.3) is 0 Å². The van der Waals surface area contributed by atoms with E-state index in [0.29, 0.717) is 5.69 Å². The second-order valence-corrected chi connectivity index (χ2v) is 5.72. The third kappa shape index (κ3) is 3.90. The highest BCUT2D eigenvalue weighted by Crippen LogP contribution is 2.29. The number of carbonyl (C=O) groups excluding carboxylic acids is 1. The number of nitrogen functional groups attached to an aromatic ring is 1. The number of halogens is 2. The Kier molecular flexibility index (Phi) is 4.76. The Hall–Kier alpha value is -1.71. The van der Waals surface area contributed by atoms with Crippen molar-refractivity contribution in [3.05, 3.63) is 62.6 Å². The first-order chi connectivity index (χ1) is 9.86. The molecular formula is C16H15Cl2NO2. The van der Waals surface area contributed by atoms with E-state index < -0.39 is 5.97 Å². The van der Waals surface area contributed by atoms with Crippen molar-refractivity contribution in [2.24, 2.45) is 0 Å². The van der Waals surface area contributed by atoms with E-state index in [1.54, 1.807) is 0 Å². The highest BCUT2D eigenvalue weighted by molar-refractivity contribution is 6.44. The standard InChI is InChI=1S/C16H15Cl2NO2/c1-9-3-10(2)5-11(4-9)8-21-16(20)13-6-12(19)7-14(17)15(13)18/h3-7H,8,19H2,1-2H3. The van der Waals surface area contributed by atoms with Crippen molar-refractivity contribution in [2.45, 2.75) is 20.5 Å². The molecule has 0 heterocycles. The zero-order chi connectivity index (χ0) is 15.6. The quantitative estimate of drug-likeness (QED) is 0.666. The first kappa shape index (κ1) is 15.7. The third-order valence-electron chi connectivity index (χ3n) is 2.92. The van der Waals surface area contributed by atoms with Crippen molar-refractivity contribution in [2.75, 3.05) is 5.73 Å². The van der Waals surface area contributed by atoms with Crippen molar-refractivity contribution >= 4 is 34.9 Å². The molecule has 0 aromatic heterocycles. The lowest BCUT2D eigenvalue weighted by atomic mass is 10.1. The van der Waals surface area contributed by atoms with E-state index in [0.717, 1.165) is 16.7 Å². The van der Waals surface area contributed by atoms with Gasteiger partial charge in [0.1, 0.15) is 6.61 Å². The molecule has 0 saturated carbocycles. The summed E-state index contributed by atoms with van der Waals surface area (Å²) in [7, 11) is 0. The van der Waals surface area contributed by atoms with Gasteiger partial charge in [0.2, 0.25) is 0 Å². The number of rotatable bonds is 3. The number of ether oxygens (including phenoxy) is 1. The van der Waals surface area contributed by atoms with E-state index in [2.05, 4.69) is 6.07 Å². The van der Waals surface area contributed by atoms with Crippen LogP contribution >= 0.6 is 23.2 Å². The maximum atomic E-state index is 12.1. The Morgan fingerprint density at radius 2 is 1.71 bits per heavy atom. The molecule has 2 aromatic carbocycles. The van der Waals surface area contributed by atoms with Gasteiger partial charge in [-0.3, -0.25) is 0 Å². The fourth-order valence-electron chi connectivity index (χ4n) is 2.14. The molecule has 0 aliphatic rings. The van der Waals surface area contributed by atoms with Crippen molar-refractivity contribution in [1.82, 2.24) is 0 Å². The molecule has 0 aliphatic carbocycles. The molecule has 5 heteroatoms. The molecule has 110 valence electrons. The van der Waals surface area contributed by atoms with Crippen LogP contribution < -0.4 is 5.73 Å². The van der Waals surface area contributed by atoms with E-state index in [4.69, 9.17) is 33.7 Å². The number of benzene rings is 2. The first-order valence-corrected chi connectivity index (χ1v) is 7.11. The molecule has 2 rings (SSSR count). The summed E-state index contributed by atoms with van der Waals surface area (Å²) in [5.41, 5.74) is 9.35. The summed E-state index contributed by atoms with van der Waals surface area (Å²) in [4.78, 5) is 12.1. The number of aryl methyl sites for hydroxylation is 2. The summed E-state index contributed by atoms with van der Waals surface area (Å²) in [6.07, 6.45) is 0. The maximum absolute atomic E-state index is 12.1. The van der Waals surface area contributed by atoms with Gasteiger partial charge < -0.3 is 10.5 Å². The Labute approximate surface area is 133 Å². The molecule has 0 aliphatic heterocycles. The number of esters is 1. The van der Waals surface area contributed by atoms with Crippen molar-refractivity contribution in [1.29, 1.82) is 0 Å². The van der Waals surface area contributed by atoms with Crippen LogP contribution in [0.15, 0.2) is 30.3 Å². The average Bonchev–Trinajstić information content (AvgIpc) is 2.39. The Bertz CT molecular complexity index is 679. The van der Waals surface area contributed by atoms with Gasteiger partial charge in [-0.15, -0.1) is 0 Å². The minimum absolute atomic E-state index is 0.149. The minimum Gasteiger partial charge on any atom is -0.457 e. The lowest BCUT2D eigenvalue weighted by Crippen LogP contribution is -2.07. The number of carbonyl (C=O) groups is 1. The third-order valence-corrected chi connectivity index (χ3v) is 3.72. The van der Waals surface area contributed by atoms with Crippen LogP contribution in [0.5, 0.6) is 0 Å². The number of hydrogen-bond donors (Lipinski definition) is 1. The highest BCUT2D eigenvalue weighted by Gasteiger charge is 2.15. The van der Waals surface area contributed by atoms with Crippen LogP contribution in [-0.4, -0.2) is 5.97 Å². The predicted octanol–water partition coefficient (Wildman–Crippen LogP) is 4.55. The molecule has 0 atom stereocenters. The van der Waals surface area contributed by atoms with Gasteiger partial charge in [-0.1, -0.05) is 52.5 Å². The molecule has 0 unspecified atom stereocenters. The van der Waals surface area contributed by atoms with Gasteiger partial charge in [-0.25, -0.2) is 4.79 Å². The van der Waals surface area contributed by atoms with Crippen LogP contribution in [0.3, 0.4) is 0 Å². The second kappa shape index (κ2) is 6.37. The summed E-state index contributed by atoms with van der Waals surface area (Å²) >= 11 is 11.9. The highest BCUT2D eigenvalue weighted by atomic mass is 35.5. The van der Waals surface area contributed by atoms with Gasteiger partial charge in [0.15, 0.2) is 0 Å². The van der Waals surface area contributed by atoms with Crippen molar-refractivity contribution in [3.63, 3.8) is 0 Å². The van der Waals surface area contributed by atoms with Gasteiger partial charge in [0.05, 0.1) is 15.6 Å². The Balaban J connectivity index is 2.15. The summed E-state index contributed by atoms with van der Waals surface area (Å²) in [6.45, 7) is 4.16. The molecule has 0 saturated heterocycles. The van der Waals surface area contributed by atoms with Gasteiger partial charge in [0, 0.05) is 5.69 Å². The molecule has 21 heavy (non-hydrogen) atoms. The summed E-state index contributed by atoms with van der Waals surface area (Å²) in [6, 6.07) is 8.94. The molecular weight excluding hydrogens is 309 g/mol. The summed E-state index contributed by atoms with van der Waals surface area (Å²) in [5, 5.41) is 0.381. The van der Waals surface area contributed by atoms with Crippen LogP contribution in [-0.2, 0) is 11.3 Å². The molecule has 0 bridgehead atoms. The normalized spacial score (nSPS) is 10.5. The van der Waals surface area contributed by atoms with Crippen LogP contribution in [0, 0.1) is 13.8 Å². The molecule has 0 radical (unpaired) electrons. The zero-order valence-corrected chi connectivity index (χ0v) is 13.3. The molecule has 0 fully saturated rings. The Morgan fingerprint density at radius 1 is 1.10 bits per heavy atom. The summed E-state index contributed by atoms with van der Waals surface area (Å²) in [5.74, 6) is -0.548. The monoisotopic (exact) mass is 323 g/mol. The molecule has 0 spiro atoms. The Morgan fingerprint density at radius 3 is 2.33 bits per heavy atom.